The molecule has 0 unspecified atom stereocenters. The third-order valence-corrected chi connectivity index (χ3v) is 4.47. The van der Waals surface area contributed by atoms with Crippen LogP contribution in [0.2, 0.25) is 0 Å². The molecule has 1 rings (SSSR count). The largest absolute Gasteiger partial charge is 0.426 e. The van der Waals surface area contributed by atoms with Crippen LogP contribution < -0.4 is 0 Å². The number of hydrogen-bond acceptors (Lipinski definition) is 2. The molecule has 1 aliphatic rings. The number of allylic oxidation sites excluding steroid dienone is 3. The van der Waals surface area contributed by atoms with E-state index in [9.17, 15) is 31.4 Å². The van der Waals surface area contributed by atoms with Gasteiger partial charge in [-0.15, -0.1) is 0 Å². The maximum Gasteiger partial charge on any atom is 0.426 e. The average Bonchev–Trinajstić information content (AvgIpc) is 2.34. The quantitative estimate of drug-likeness (QED) is 0.715. The second kappa shape index (κ2) is 6.71. The van der Waals surface area contributed by atoms with Gasteiger partial charge in [0.1, 0.15) is 0 Å². The average molecular weight is 360 g/mol. The normalized spacial score (nSPS) is 21.5. The van der Waals surface area contributed by atoms with E-state index in [2.05, 4.69) is 0 Å². The molecule has 0 spiro atoms. The molecule has 0 saturated heterocycles. The van der Waals surface area contributed by atoms with Crippen LogP contribution in [-0.4, -0.2) is 34.3 Å². The highest BCUT2D eigenvalue weighted by Gasteiger charge is 2.70. The fourth-order valence-electron chi connectivity index (χ4n) is 2.98. The topological polar surface area (TPSA) is 40.5 Å². The van der Waals surface area contributed by atoms with Crippen LogP contribution in [0.4, 0.5) is 26.3 Å². The van der Waals surface area contributed by atoms with Crippen molar-refractivity contribution in [3.63, 3.8) is 0 Å². The molecule has 0 amide bonds. The molecule has 0 aromatic carbocycles. The van der Waals surface area contributed by atoms with Crippen LogP contribution >= 0.6 is 0 Å². The third-order valence-electron chi connectivity index (χ3n) is 4.47. The number of rotatable bonds is 4. The molecule has 1 atom stereocenters. The van der Waals surface area contributed by atoms with Crippen LogP contribution in [0.15, 0.2) is 23.3 Å². The van der Waals surface area contributed by atoms with E-state index in [0.29, 0.717) is 0 Å². The van der Waals surface area contributed by atoms with Crippen LogP contribution in [0.3, 0.4) is 0 Å². The Hall–Kier alpha value is -1.02. The highest BCUT2D eigenvalue weighted by Crippen LogP contribution is 2.46. The van der Waals surface area contributed by atoms with Crippen molar-refractivity contribution >= 4 is 0 Å². The molecule has 8 heteroatoms. The van der Waals surface area contributed by atoms with Crippen LogP contribution in [0.1, 0.15) is 46.5 Å². The molecule has 24 heavy (non-hydrogen) atoms. The van der Waals surface area contributed by atoms with Gasteiger partial charge in [0.2, 0.25) is 0 Å². The minimum absolute atomic E-state index is 0.275. The summed E-state index contributed by atoms with van der Waals surface area (Å²) in [7, 11) is 0. The summed E-state index contributed by atoms with van der Waals surface area (Å²) in [6.07, 6.45) is -11.0. The first-order valence-electron chi connectivity index (χ1n) is 7.54. The van der Waals surface area contributed by atoms with E-state index in [0.717, 1.165) is 36.5 Å². The molecule has 0 aromatic rings. The summed E-state index contributed by atoms with van der Waals surface area (Å²) in [5.41, 5.74) is -3.45. The Morgan fingerprint density at radius 3 is 2.04 bits per heavy atom. The van der Waals surface area contributed by atoms with Gasteiger partial charge in [-0.05, 0) is 37.2 Å². The predicted molar refractivity (Wildman–Crippen MR) is 77.2 cm³/mol. The Morgan fingerprint density at radius 2 is 1.62 bits per heavy atom. The summed E-state index contributed by atoms with van der Waals surface area (Å²) in [4.78, 5) is 0. The van der Waals surface area contributed by atoms with Gasteiger partial charge < -0.3 is 10.2 Å². The van der Waals surface area contributed by atoms with Gasteiger partial charge in [-0.1, -0.05) is 31.6 Å². The molecule has 1 aliphatic carbocycles. The van der Waals surface area contributed by atoms with Gasteiger partial charge in [0.05, 0.1) is 6.10 Å². The van der Waals surface area contributed by atoms with E-state index >= 15 is 0 Å². The van der Waals surface area contributed by atoms with Crippen molar-refractivity contribution < 1.29 is 36.6 Å². The minimum atomic E-state index is -5.93. The van der Waals surface area contributed by atoms with E-state index in [1.165, 1.54) is 6.08 Å². The molecule has 2 N–H and O–H groups in total. The Morgan fingerprint density at radius 1 is 1.12 bits per heavy atom. The van der Waals surface area contributed by atoms with Crippen molar-refractivity contribution in [2.75, 3.05) is 0 Å². The number of aliphatic hydroxyl groups excluding tert-OH is 1. The fourth-order valence-corrected chi connectivity index (χ4v) is 2.98. The van der Waals surface area contributed by atoms with E-state index in [1.807, 2.05) is 20.8 Å². The van der Waals surface area contributed by atoms with Gasteiger partial charge in [0.25, 0.3) is 5.60 Å². The zero-order chi connectivity index (χ0) is 19.0. The van der Waals surface area contributed by atoms with Crippen LogP contribution in [0.25, 0.3) is 0 Å². The molecule has 0 fully saturated rings. The molecule has 0 bridgehead atoms. The SMILES string of the molecule is CC1=C(/C=C\[C@@H](O)CC(O)(C(F)(F)F)C(F)(F)F)C(C)(C)CCC1. The van der Waals surface area contributed by atoms with Crippen molar-refractivity contribution in [3.05, 3.63) is 23.3 Å². The summed E-state index contributed by atoms with van der Waals surface area (Å²) in [5.74, 6) is 0. The second-order valence-corrected chi connectivity index (χ2v) is 6.92. The molecular weight excluding hydrogens is 338 g/mol. The van der Waals surface area contributed by atoms with Crippen LogP contribution in [0.5, 0.6) is 0 Å². The lowest BCUT2D eigenvalue weighted by atomic mass is 9.72. The van der Waals surface area contributed by atoms with Crippen LogP contribution in [0, 0.1) is 5.41 Å². The lowest BCUT2D eigenvalue weighted by molar-refractivity contribution is -0.373. The zero-order valence-corrected chi connectivity index (χ0v) is 13.7. The van der Waals surface area contributed by atoms with Crippen molar-refractivity contribution in [1.29, 1.82) is 0 Å². The minimum Gasteiger partial charge on any atom is -0.389 e. The standard InChI is InChI=1S/C16H22F6O2/c1-10-5-4-8-13(2,3)12(10)7-6-11(23)9-14(24,15(17,18)19)16(20,21)22/h6-7,11,23-24H,4-5,8-9H2,1-3H3/b7-6-/t11-/m1/s1. The number of hydrogen-bond donors (Lipinski definition) is 2. The van der Waals surface area contributed by atoms with Gasteiger partial charge >= 0.3 is 12.4 Å². The summed E-state index contributed by atoms with van der Waals surface area (Å²) >= 11 is 0. The molecular formula is C16H22F6O2. The lowest BCUT2D eigenvalue weighted by Gasteiger charge is -2.34. The Labute approximate surface area is 136 Å². The van der Waals surface area contributed by atoms with Crippen LogP contribution in [-0.2, 0) is 0 Å². The number of aliphatic hydroxyl groups is 2. The van der Waals surface area contributed by atoms with Gasteiger partial charge in [0, 0.05) is 6.42 Å². The molecule has 0 radical (unpaired) electrons. The number of halogens is 6. The number of alkyl halides is 6. The van der Waals surface area contributed by atoms with Crippen molar-refractivity contribution in [2.45, 2.75) is 70.5 Å². The van der Waals surface area contributed by atoms with Gasteiger partial charge in [-0.25, -0.2) is 0 Å². The van der Waals surface area contributed by atoms with E-state index in [1.54, 1.807) is 0 Å². The predicted octanol–water partition coefficient (Wildman–Crippen LogP) is 4.68. The molecule has 140 valence electrons. The van der Waals surface area contributed by atoms with Gasteiger partial charge in [-0.2, -0.15) is 26.3 Å². The van der Waals surface area contributed by atoms with Crippen molar-refractivity contribution in [3.8, 4) is 0 Å². The fraction of sp³-hybridized carbons (Fsp3) is 0.750. The summed E-state index contributed by atoms with van der Waals surface area (Å²) < 4.78 is 75.8. The lowest BCUT2D eigenvalue weighted by Crippen LogP contribution is -2.58. The first-order valence-corrected chi connectivity index (χ1v) is 7.54. The molecule has 0 aromatic heterocycles. The molecule has 0 aliphatic heterocycles. The maximum atomic E-state index is 12.6. The monoisotopic (exact) mass is 360 g/mol. The maximum absolute atomic E-state index is 12.6. The summed E-state index contributed by atoms with van der Waals surface area (Å²) in [6, 6.07) is 0. The Balaban J connectivity index is 3.01. The summed E-state index contributed by atoms with van der Waals surface area (Å²) in [5, 5.41) is 18.7. The highest BCUT2D eigenvalue weighted by molar-refractivity contribution is 5.33. The first kappa shape index (κ1) is 21.0. The Bertz CT molecular complexity index is 500. The molecule has 0 heterocycles. The van der Waals surface area contributed by atoms with E-state index in [4.69, 9.17) is 5.11 Å². The van der Waals surface area contributed by atoms with Gasteiger partial charge in [-0.3, -0.25) is 0 Å². The van der Waals surface area contributed by atoms with E-state index in [-0.39, 0.29) is 5.41 Å². The van der Waals surface area contributed by atoms with Crippen molar-refractivity contribution in [1.82, 2.24) is 0 Å². The molecule has 2 nitrogen and oxygen atoms in total. The first-order chi connectivity index (χ1) is 10.6. The summed E-state index contributed by atoms with van der Waals surface area (Å²) in [6.45, 7) is 5.68. The third kappa shape index (κ3) is 4.33. The molecule has 0 saturated carbocycles. The second-order valence-electron chi connectivity index (χ2n) is 6.92. The smallest absolute Gasteiger partial charge is 0.389 e. The van der Waals surface area contributed by atoms with Gasteiger partial charge in [0.15, 0.2) is 0 Å². The van der Waals surface area contributed by atoms with E-state index < -0.39 is 30.5 Å². The zero-order valence-electron chi connectivity index (χ0n) is 13.7. The Kier molecular flexibility index (Phi) is 5.88. The van der Waals surface area contributed by atoms with Crippen molar-refractivity contribution in [2.24, 2.45) is 5.41 Å². The highest BCUT2D eigenvalue weighted by atomic mass is 19.4.